The second-order valence-corrected chi connectivity index (χ2v) is 7.64. The van der Waals surface area contributed by atoms with Crippen molar-refractivity contribution < 1.29 is 4.79 Å². The number of aryl methyl sites for hydroxylation is 2. The van der Waals surface area contributed by atoms with Crippen molar-refractivity contribution in [3.05, 3.63) is 88.7 Å². The molecule has 0 bridgehead atoms. The number of nitrogens with one attached hydrogen (secondary N) is 1. The number of benzene rings is 2. The van der Waals surface area contributed by atoms with E-state index in [-0.39, 0.29) is 5.91 Å². The van der Waals surface area contributed by atoms with Gasteiger partial charge < -0.3 is 10.2 Å². The number of aromatic nitrogens is 2. The van der Waals surface area contributed by atoms with Crippen LogP contribution < -0.4 is 5.32 Å². The molecule has 0 spiro atoms. The zero-order chi connectivity index (χ0) is 20.2. The van der Waals surface area contributed by atoms with Gasteiger partial charge in [0.25, 0.3) is 0 Å². The molecule has 148 valence electrons. The summed E-state index contributed by atoms with van der Waals surface area (Å²) in [5.41, 5.74) is 5.45. The number of rotatable bonds is 5. The van der Waals surface area contributed by atoms with Crippen molar-refractivity contribution in [3.63, 3.8) is 0 Å². The van der Waals surface area contributed by atoms with Gasteiger partial charge in [0, 0.05) is 30.9 Å². The molecule has 1 aliphatic heterocycles. The van der Waals surface area contributed by atoms with E-state index in [1.165, 1.54) is 11.1 Å². The van der Waals surface area contributed by atoms with Crippen LogP contribution in [-0.2, 0) is 24.2 Å². The van der Waals surface area contributed by atoms with Crippen LogP contribution in [0.3, 0.4) is 0 Å². The van der Waals surface area contributed by atoms with Gasteiger partial charge in [0.05, 0.1) is 0 Å². The first-order chi connectivity index (χ1) is 14.1. The average Bonchev–Trinajstić information content (AvgIpc) is 2.72. The van der Waals surface area contributed by atoms with Crippen LogP contribution in [0.1, 0.15) is 28.1 Å². The van der Waals surface area contributed by atoms with Crippen LogP contribution in [0.4, 0.5) is 5.95 Å². The molecule has 1 amide bonds. The van der Waals surface area contributed by atoms with Crippen molar-refractivity contribution in [2.75, 3.05) is 11.9 Å². The third-order valence-electron chi connectivity index (χ3n) is 5.31. The van der Waals surface area contributed by atoms with Crippen molar-refractivity contribution >= 4 is 11.9 Å². The molecule has 5 nitrogen and oxygen atoms in total. The summed E-state index contributed by atoms with van der Waals surface area (Å²) in [7, 11) is 0. The first-order valence-corrected chi connectivity index (χ1v) is 10.1. The molecular weight excluding hydrogens is 360 g/mol. The first kappa shape index (κ1) is 19.1. The molecule has 5 heteroatoms. The third-order valence-corrected chi connectivity index (χ3v) is 5.31. The Morgan fingerprint density at radius 2 is 1.66 bits per heavy atom. The molecule has 0 saturated carbocycles. The SMILES string of the molecule is Cc1cc(C)nc(N[C@H](Cc2ccccc2)C(=O)N2CCc3ccccc3C2)n1. The summed E-state index contributed by atoms with van der Waals surface area (Å²) in [6.45, 7) is 5.26. The smallest absolute Gasteiger partial charge is 0.245 e. The van der Waals surface area contributed by atoms with E-state index >= 15 is 0 Å². The zero-order valence-electron chi connectivity index (χ0n) is 16.9. The van der Waals surface area contributed by atoms with Crippen molar-refractivity contribution in [2.24, 2.45) is 0 Å². The van der Waals surface area contributed by atoms with Gasteiger partial charge in [-0.3, -0.25) is 4.79 Å². The Hall–Kier alpha value is -3.21. The summed E-state index contributed by atoms with van der Waals surface area (Å²) in [6.07, 6.45) is 1.48. The quantitative estimate of drug-likeness (QED) is 0.726. The summed E-state index contributed by atoms with van der Waals surface area (Å²) in [5.74, 6) is 0.598. The van der Waals surface area contributed by atoms with Gasteiger partial charge in [-0.05, 0) is 43.0 Å². The maximum atomic E-state index is 13.5. The van der Waals surface area contributed by atoms with E-state index in [0.717, 1.165) is 29.9 Å². The second kappa shape index (κ2) is 8.43. The highest BCUT2D eigenvalue weighted by Crippen LogP contribution is 2.20. The molecular formula is C24H26N4O. The molecule has 3 aromatic rings. The Bertz CT molecular complexity index is 983. The van der Waals surface area contributed by atoms with Crippen molar-refractivity contribution in [2.45, 2.75) is 39.3 Å². The van der Waals surface area contributed by atoms with Crippen LogP contribution in [0.15, 0.2) is 60.7 Å². The number of nitrogens with zero attached hydrogens (tertiary/aromatic N) is 3. The Labute approximate surface area is 171 Å². The summed E-state index contributed by atoms with van der Waals surface area (Å²) < 4.78 is 0. The molecule has 0 saturated heterocycles. The van der Waals surface area contributed by atoms with Gasteiger partial charge in [0.15, 0.2) is 0 Å². The Balaban J connectivity index is 1.58. The summed E-state index contributed by atoms with van der Waals surface area (Å²) in [4.78, 5) is 24.4. The molecule has 1 atom stereocenters. The van der Waals surface area contributed by atoms with Gasteiger partial charge in [-0.1, -0.05) is 54.6 Å². The van der Waals surface area contributed by atoms with Gasteiger partial charge >= 0.3 is 0 Å². The highest BCUT2D eigenvalue weighted by Gasteiger charge is 2.28. The summed E-state index contributed by atoms with van der Waals surface area (Å²) >= 11 is 0. The molecule has 29 heavy (non-hydrogen) atoms. The lowest BCUT2D eigenvalue weighted by Crippen LogP contribution is -2.46. The summed E-state index contributed by atoms with van der Waals surface area (Å²) in [6, 6.07) is 20.0. The van der Waals surface area contributed by atoms with Crippen LogP contribution in [0.2, 0.25) is 0 Å². The van der Waals surface area contributed by atoms with E-state index in [1.54, 1.807) is 0 Å². The molecule has 0 radical (unpaired) electrons. The maximum Gasteiger partial charge on any atom is 0.245 e. The van der Waals surface area contributed by atoms with Crippen molar-refractivity contribution in [1.29, 1.82) is 0 Å². The number of hydrogen-bond donors (Lipinski definition) is 1. The number of amides is 1. The lowest BCUT2D eigenvalue weighted by Gasteiger charge is -2.32. The van der Waals surface area contributed by atoms with Crippen LogP contribution in [-0.4, -0.2) is 33.4 Å². The monoisotopic (exact) mass is 386 g/mol. The van der Waals surface area contributed by atoms with Crippen LogP contribution in [0, 0.1) is 13.8 Å². The third kappa shape index (κ3) is 4.62. The minimum atomic E-state index is -0.413. The Kier molecular flexibility index (Phi) is 5.56. The number of fused-ring (bicyclic) bond motifs is 1. The number of carbonyl (C=O) groups is 1. The maximum absolute atomic E-state index is 13.5. The van der Waals surface area contributed by atoms with E-state index < -0.39 is 6.04 Å². The molecule has 2 aromatic carbocycles. The normalized spacial score (nSPS) is 14.2. The van der Waals surface area contributed by atoms with Gasteiger partial charge in [0.1, 0.15) is 6.04 Å². The Morgan fingerprint density at radius 1 is 1.00 bits per heavy atom. The fourth-order valence-corrected chi connectivity index (χ4v) is 3.90. The fraction of sp³-hybridized carbons (Fsp3) is 0.292. The molecule has 0 aliphatic carbocycles. The van der Waals surface area contributed by atoms with E-state index in [9.17, 15) is 4.79 Å². The molecule has 4 rings (SSSR count). The molecule has 2 heterocycles. The molecule has 0 fully saturated rings. The van der Waals surface area contributed by atoms with Crippen LogP contribution >= 0.6 is 0 Å². The lowest BCUT2D eigenvalue weighted by molar-refractivity contribution is -0.133. The van der Waals surface area contributed by atoms with Crippen molar-refractivity contribution in [3.8, 4) is 0 Å². The second-order valence-electron chi connectivity index (χ2n) is 7.64. The predicted octanol–water partition coefficient (Wildman–Crippen LogP) is 3.70. The summed E-state index contributed by atoms with van der Waals surface area (Å²) in [5, 5.41) is 3.32. The van der Waals surface area contributed by atoms with Gasteiger partial charge in [-0.25, -0.2) is 9.97 Å². The largest absolute Gasteiger partial charge is 0.342 e. The van der Waals surface area contributed by atoms with Crippen LogP contribution in [0.25, 0.3) is 0 Å². The lowest BCUT2D eigenvalue weighted by atomic mass is 9.98. The molecule has 1 aliphatic rings. The zero-order valence-corrected chi connectivity index (χ0v) is 16.9. The average molecular weight is 386 g/mol. The fourth-order valence-electron chi connectivity index (χ4n) is 3.90. The number of carbonyl (C=O) groups excluding carboxylic acids is 1. The van der Waals surface area contributed by atoms with E-state index in [0.29, 0.717) is 18.9 Å². The Morgan fingerprint density at radius 3 is 2.38 bits per heavy atom. The van der Waals surface area contributed by atoms with Gasteiger partial charge in [0.2, 0.25) is 11.9 Å². The van der Waals surface area contributed by atoms with E-state index in [4.69, 9.17) is 0 Å². The minimum Gasteiger partial charge on any atom is -0.342 e. The standard InChI is InChI=1S/C24H26N4O/c1-17-14-18(2)26-24(25-17)27-22(15-19-8-4-3-5-9-19)23(29)28-13-12-20-10-6-7-11-21(20)16-28/h3-11,14,22H,12-13,15-16H2,1-2H3,(H,25,26,27)/t22-/m1/s1. The number of hydrogen-bond acceptors (Lipinski definition) is 4. The first-order valence-electron chi connectivity index (χ1n) is 10.1. The highest BCUT2D eigenvalue weighted by atomic mass is 16.2. The minimum absolute atomic E-state index is 0.0890. The van der Waals surface area contributed by atoms with Crippen molar-refractivity contribution in [1.82, 2.24) is 14.9 Å². The molecule has 0 unspecified atom stereocenters. The van der Waals surface area contributed by atoms with E-state index in [1.807, 2.05) is 49.1 Å². The highest BCUT2D eigenvalue weighted by molar-refractivity contribution is 5.85. The van der Waals surface area contributed by atoms with E-state index in [2.05, 4.69) is 45.6 Å². The van der Waals surface area contributed by atoms with Crippen LogP contribution in [0.5, 0.6) is 0 Å². The van der Waals surface area contributed by atoms with Gasteiger partial charge in [-0.2, -0.15) is 0 Å². The number of anilines is 1. The predicted molar refractivity (Wildman–Crippen MR) is 115 cm³/mol. The molecule has 1 N–H and O–H groups in total. The molecule has 1 aromatic heterocycles. The van der Waals surface area contributed by atoms with Gasteiger partial charge in [-0.15, -0.1) is 0 Å². The topological polar surface area (TPSA) is 58.1 Å².